The number of carbonyl (C=O) groups is 1. The van der Waals surface area contributed by atoms with Crippen molar-refractivity contribution in [3.63, 3.8) is 0 Å². The number of aryl methyl sites for hydroxylation is 1. The molecule has 18 heavy (non-hydrogen) atoms. The Balaban J connectivity index is 3.25. The molecule has 2 atom stereocenters. The van der Waals surface area contributed by atoms with Crippen LogP contribution in [0.4, 0.5) is 0 Å². The van der Waals surface area contributed by atoms with Crippen LogP contribution in [-0.2, 0) is 15.1 Å². The molecule has 0 amide bonds. The minimum atomic E-state index is -1.23. The lowest BCUT2D eigenvalue weighted by Crippen LogP contribution is -2.41. The number of carbonyl (C=O) groups excluding carboxylic acids is 1. The Bertz CT molecular complexity index is 422. The van der Waals surface area contributed by atoms with E-state index in [0.717, 1.165) is 11.1 Å². The van der Waals surface area contributed by atoms with Gasteiger partial charge in [-0.25, -0.2) is 0 Å². The Labute approximate surface area is 109 Å². The van der Waals surface area contributed by atoms with E-state index >= 15 is 0 Å². The number of hydrogen-bond acceptors (Lipinski definition) is 3. The van der Waals surface area contributed by atoms with Crippen LogP contribution in [0.5, 0.6) is 0 Å². The number of rotatable bonds is 4. The average Bonchev–Trinajstić information content (AvgIpc) is 2.28. The van der Waals surface area contributed by atoms with E-state index in [9.17, 15) is 9.90 Å². The smallest absolute Gasteiger partial charge is 0.312 e. The summed E-state index contributed by atoms with van der Waals surface area (Å²) in [5.41, 5.74) is 0.512. The van der Waals surface area contributed by atoms with Crippen molar-refractivity contribution in [2.75, 3.05) is 7.11 Å². The molecule has 1 aromatic carbocycles. The van der Waals surface area contributed by atoms with Crippen molar-refractivity contribution in [2.24, 2.45) is 11.8 Å². The lowest BCUT2D eigenvalue weighted by molar-refractivity contribution is -0.159. The number of aliphatic hydroxyl groups is 1. The molecule has 3 nitrogen and oxygen atoms in total. The van der Waals surface area contributed by atoms with E-state index in [2.05, 4.69) is 0 Å². The Morgan fingerprint density at radius 1 is 1.33 bits per heavy atom. The van der Waals surface area contributed by atoms with Gasteiger partial charge in [-0.1, -0.05) is 38.1 Å². The summed E-state index contributed by atoms with van der Waals surface area (Å²) in [4.78, 5) is 11.9. The predicted octanol–water partition coefficient (Wildman–Crippen LogP) is 2.65. The van der Waals surface area contributed by atoms with Crippen LogP contribution in [0.25, 0.3) is 0 Å². The van der Waals surface area contributed by atoms with Crippen LogP contribution >= 0.6 is 0 Å². The maximum absolute atomic E-state index is 11.9. The van der Waals surface area contributed by atoms with E-state index in [1.54, 1.807) is 6.92 Å². The largest absolute Gasteiger partial charge is 0.469 e. The van der Waals surface area contributed by atoms with Crippen molar-refractivity contribution >= 4 is 5.97 Å². The van der Waals surface area contributed by atoms with Gasteiger partial charge >= 0.3 is 5.97 Å². The van der Waals surface area contributed by atoms with Crippen molar-refractivity contribution in [1.29, 1.82) is 0 Å². The summed E-state index contributed by atoms with van der Waals surface area (Å²) < 4.78 is 4.82. The van der Waals surface area contributed by atoms with Crippen molar-refractivity contribution < 1.29 is 14.6 Å². The summed E-state index contributed by atoms with van der Waals surface area (Å²) in [5, 5.41) is 10.8. The second kappa shape index (κ2) is 5.53. The van der Waals surface area contributed by atoms with Gasteiger partial charge in [-0.2, -0.15) is 0 Å². The van der Waals surface area contributed by atoms with Crippen LogP contribution in [0.1, 0.15) is 31.9 Å². The number of benzene rings is 1. The van der Waals surface area contributed by atoms with E-state index in [-0.39, 0.29) is 11.9 Å². The fraction of sp³-hybridized carbons (Fsp3) is 0.533. The van der Waals surface area contributed by atoms with Gasteiger partial charge in [0.2, 0.25) is 0 Å². The summed E-state index contributed by atoms with van der Waals surface area (Å²) in [5.74, 6) is -0.964. The lowest BCUT2D eigenvalue weighted by Gasteiger charge is -2.35. The summed E-state index contributed by atoms with van der Waals surface area (Å²) in [7, 11) is 1.35. The van der Waals surface area contributed by atoms with Crippen LogP contribution in [0, 0.1) is 18.8 Å². The SMILES string of the molecule is COC(=O)C(C(C)C)C(C)(O)c1ccccc1C. The Morgan fingerprint density at radius 3 is 2.33 bits per heavy atom. The molecular formula is C15H22O3. The van der Waals surface area contributed by atoms with E-state index in [4.69, 9.17) is 4.74 Å². The van der Waals surface area contributed by atoms with Crippen LogP contribution in [0.3, 0.4) is 0 Å². The van der Waals surface area contributed by atoms with Crippen LogP contribution < -0.4 is 0 Å². The first kappa shape index (κ1) is 14.7. The van der Waals surface area contributed by atoms with Gasteiger partial charge in [0.1, 0.15) is 5.60 Å². The summed E-state index contributed by atoms with van der Waals surface area (Å²) in [6, 6.07) is 7.56. The fourth-order valence-electron chi connectivity index (χ4n) is 2.59. The minimum Gasteiger partial charge on any atom is -0.469 e. The van der Waals surface area contributed by atoms with Crippen molar-refractivity contribution in [1.82, 2.24) is 0 Å². The molecular weight excluding hydrogens is 228 g/mol. The number of hydrogen-bond donors (Lipinski definition) is 1. The number of methoxy groups -OCH3 is 1. The first-order chi connectivity index (χ1) is 8.32. The maximum Gasteiger partial charge on any atom is 0.312 e. The van der Waals surface area contributed by atoms with E-state index in [1.165, 1.54) is 7.11 Å². The van der Waals surface area contributed by atoms with Crippen molar-refractivity contribution in [3.05, 3.63) is 35.4 Å². The molecule has 1 N–H and O–H groups in total. The maximum atomic E-state index is 11.9. The molecule has 0 heterocycles. The topological polar surface area (TPSA) is 46.5 Å². The quantitative estimate of drug-likeness (QED) is 0.836. The van der Waals surface area contributed by atoms with Crippen LogP contribution in [0.15, 0.2) is 24.3 Å². The zero-order chi connectivity index (χ0) is 13.9. The molecule has 0 saturated heterocycles. The first-order valence-electron chi connectivity index (χ1n) is 6.18. The van der Waals surface area contributed by atoms with Crippen molar-refractivity contribution in [3.8, 4) is 0 Å². The molecule has 2 unspecified atom stereocenters. The first-order valence-corrected chi connectivity index (χ1v) is 6.18. The van der Waals surface area contributed by atoms with Gasteiger partial charge in [-0.05, 0) is 30.9 Å². The van der Waals surface area contributed by atoms with E-state index in [1.807, 2.05) is 45.0 Å². The molecule has 0 aliphatic heterocycles. The van der Waals surface area contributed by atoms with E-state index in [0.29, 0.717) is 0 Å². The molecule has 1 aromatic rings. The molecule has 0 radical (unpaired) electrons. The van der Waals surface area contributed by atoms with E-state index < -0.39 is 11.5 Å². The number of ether oxygens (including phenoxy) is 1. The minimum absolute atomic E-state index is 0.00736. The molecule has 3 heteroatoms. The fourth-order valence-corrected chi connectivity index (χ4v) is 2.59. The highest BCUT2D eigenvalue weighted by molar-refractivity contribution is 5.74. The van der Waals surface area contributed by atoms with Gasteiger partial charge in [-0.3, -0.25) is 4.79 Å². The standard InChI is InChI=1S/C15H22O3/c1-10(2)13(14(16)18-5)15(4,17)12-9-7-6-8-11(12)3/h6-10,13,17H,1-5H3. The molecule has 0 aromatic heterocycles. The third kappa shape index (κ3) is 2.72. The molecule has 0 bridgehead atoms. The van der Waals surface area contributed by atoms with Gasteiger partial charge in [-0.15, -0.1) is 0 Å². The Kier molecular flexibility index (Phi) is 4.52. The Morgan fingerprint density at radius 2 is 1.89 bits per heavy atom. The van der Waals surface area contributed by atoms with Crippen molar-refractivity contribution in [2.45, 2.75) is 33.3 Å². The van der Waals surface area contributed by atoms with Gasteiger partial charge in [0.15, 0.2) is 0 Å². The molecule has 0 spiro atoms. The van der Waals surface area contributed by atoms with Gasteiger partial charge in [0.05, 0.1) is 13.0 Å². The second-order valence-corrected chi connectivity index (χ2v) is 5.21. The molecule has 1 rings (SSSR count). The molecule has 100 valence electrons. The van der Waals surface area contributed by atoms with Gasteiger partial charge in [0.25, 0.3) is 0 Å². The third-order valence-electron chi connectivity index (χ3n) is 3.42. The lowest BCUT2D eigenvalue weighted by atomic mass is 9.75. The van der Waals surface area contributed by atoms with Crippen LogP contribution in [-0.4, -0.2) is 18.2 Å². The molecule has 0 aliphatic rings. The zero-order valence-electron chi connectivity index (χ0n) is 11.7. The second-order valence-electron chi connectivity index (χ2n) is 5.21. The number of esters is 1. The molecule has 0 saturated carbocycles. The highest BCUT2D eigenvalue weighted by atomic mass is 16.5. The molecule has 0 fully saturated rings. The average molecular weight is 250 g/mol. The summed E-state index contributed by atoms with van der Waals surface area (Å²) >= 11 is 0. The Hall–Kier alpha value is -1.35. The monoisotopic (exact) mass is 250 g/mol. The van der Waals surface area contributed by atoms with Gasteiger partial charge < -0.3 is 9.84 Å². The molecule has 0 aliphatic carbocycles. The summed E-state index contributed by atoms with van der Waals surface area (Å²) in [6.45, 7) is 7.43. The normalized spacial score (nSPS) is 16.2. The van der Waals surface area contributed by atoms with Gasteiger partial charge in [0, 0.05) is 0 Å². The third-order valence-corrected chi connectivity index (χ3v) is 3.42. The zero-order valence-corrected chi connectivity index (χ0v) is 11.7. The van der Waals surface area contributed by atoms with Crippen LogP contribution in [0.2, 0.25) is 0 Å². The highest BCUT2D eigenvalue weighted by Crippen LogP contribution is 2.36. The predicted molar refractivity (Wildman–Crippen MR) is 71.1 cm³/mol. The summed E-state index contributed by atoms with van der Waals surface area (Å²) in [6.07, 6.45) is 0. The highest BCUT2D eigenvalue weighted by Gasteiger charge is 2.42.